The average molecular weight is 1350 g/mol. The van der Waals surface area contributed by atoms with Gasteiger partial charge in [0.1, 0.15) is 23.0 Å². The van der Waals surface area contributed by atoms with Crippen molar-refractivity contribution in [2.45, 2.75) is 10.8 Å². The van der Waals surface area contributed by atoms with Crippen LogP contribution in [0.2, 0.25) is 0 Å². The first-order valence-electron chi connectivity index (χ1n) is 36.1. The Morgan fingerprint density at radius 2 is 0.566 bits per heavy atom. The van der Waals surface area contributed by atoms with E-state index < -0.39 is 10.8 Å². The van der Waals surface area contributed by atoms with Crippen LogP contribution in [0.3, 0.4) is 0 Å². The number of fused-ring (bicyclic) bond motifs is 24. The summed E-state index contributed by atoms with van der Waals surface area (Å²) in [7, 11) is 0. The number of benzene rings is 16. The van der Waals surface area contributed by atoms with Gasteiger partial charge >= 0.3 is 0 Å². The van der Waals surface area contributed by atoms with Crippen molar-refractivity contribution in [2.75, 3.05) is 0 Å². The molecule has 0 bridgehead atoms. The molecule has 0 N–H and O–H groups in total. The summed E-state index contributed by atoms with van der Waals surface area (Å²) in [5.41, 5.74) is 24.4. The number of hydrogen-bond donors (Lipinski definition) is 0. The van der Waals surface area contributed by atoms with Gasteiger partial charge in [-0.1, -0.05) is 291 Å². The highest BCUT2D eigenvalue weighted by Crippen LogP contribution is 2.65. The van der Waals surface area contributed by atoms with Crippen molar-refractivity contribution >= 4 is 32.3 Å². The third kappa shape index (κ3) is 8.17. The second kappa shape index (κ2) is 22.2. The van der Waals surface area contributed by atoms with Crippen LogP contribution >= 0.6 is 0 Å². The van der Waals surface area contributed by atoms with Gasteiger partial charge in [-0.05, 0) is 159 Å². The molecule has 8 heteroatoms. The predicted octanol–water partition coefficient (Wildman–Crippen LogP) is 23.8. The molecule has 2 aromatic heterocycles. The van der Waals surface area contributed by atoms with E-state index in [0.717, 1.165) is 122 Å². The molecule has 0 radical (unpaired) electrons. The molecule has 4 heterocycles. The number of ether oxygens (including phenoxy) is 2. The summed E-state index contributed by atoms with van der Waals surface area (Å²) in [4.78, 5) is 32.8. The largest absolute Gasteiger partial charge is 0.456 e. The van der Waals surface area contributed by atoms with Gasteiger partial charge in [0.05, 0.1) is 22.0 Å². The van der Waals surface area contributed by atoms with E-state index in [1.165, 1.54) is 60.7 Å². The molecule has 0 saturated heterocycles. The lowest BCUT2D eigenvalue weighted by atomic mass is 9.66. The summed E-state index contributed by atoms with van der Waals surface area (Å²) >= 11 is 0. The van der Waals surface area contributed by atoms with E-state index in [0.29, 0.717) is 40.7 Å². The third-order valence-corrected chi connectivity index (χ3v) is 22.9. The molecule has 16 aromatic carbocycles. The third-order valence-electron chi connectivity index (χ3n) is 22.9. The molecule has 2 aliphatic heterocycles. The van der Waals surface area contributed by atoms with E-state index in [1.54, 1.807) is 0 Å². The molecule has 18 aromatic rings. The summed E-state index contributed by atoms with van der Waals surface area (Å²) in [5, 5.41) is 6.85. The Morgan fingerprint density at radius 3 is 1.19 bits per heavy atom. The van der Waals surface area contributed by atoms with E-state index in [2.05, 4.69) is 322 Å². The first-order valence-corrected chi connectivity index (χ1v) is 36.1. The van der Waals surface area contributed by atoms with Crippen LogP contribution in [0.25, 0.3) is 156 Å². The minimum Gasteiger partial charge on any atom is -0.456 e. The quantitative estimate of drug-likeness (QED) is 0.146. The summed E-state index contributed by atoms with van der Waals surface area (Å²) in [6, 6.07) is 121. The molecule has 23 rings (SSSR count). The van der Waals surface area contributed by atoms with Crippen molar-refractivity contribution in [1.29, 1.82) is 0 Å². The maximum Gasteiger partial charge on any atom is 0.167 e. The van der Waals surface area contributed by atoms with Gasteiger partial charge in [0.25, 0.3) is 0 Å². The van der Waals surface area contributed by atoms with Crippen LogP contribution in [0.15, 0.2) is 340 Å². The van der Waals surface area contributed by atoms with Gasteiger partial charge in [-0.3, -0.25) is 0 Å². The van der Waals surface area contributed by atoms with Crippen LogP contribution in [0, 0.1) is 0 Å². The van der Waals surface area contributed by atoms with Gasteiger partial charge < -0.3 is 9.47 Å². The van der Waals surface area contributed by atoms with E-state index in [4.69, 9.17) is 39.4 Å². The Morgan fingerprint density at radius 1 is 0.189 bits per heavy atom. The number of para-hydroxylation sites is 4. The van der Waals surface area contributed by atoms with Crippen LogP contribution in [0.4, 0.5) is 0 Å². The minimum atomic E-state index is -0.673. The van der Waals surface area contributed by atoms with Crippen molar-refractivity contribution < 1.29 is 9.47 Å². The van der Waals surface area contributed by atoms with Gasteiger partial charge in [0.15, 0.2) is 34.9 Å². The molecule has 0 amide bonds. The Kier molecular flexibility index (Phi) is 12.3. The highest BCUT2D eigenvalue weighted by molar-refractivity contribution is 6.19. The summed E-state index contributed by atoms with van der Waals surface area (Å²) in [6.45, 7) is 0. The summed E-state index contributed by atoms with van der Waals surface area (Å²) in [5.74, 6) is 6.31. The summed E-state index contributed by atoms with van der Waals surface area (Å²) < 4.78 is 14.4. The molecule has 0 atom stereocenters. The maximum absolute atomic E-state index is 7.24. The molecular formula is C98H56N6O2. The highest BCUT2D eigenvalue weighted by atomic mass is 16.5. The van der Waals surface area contributed by atoms with Crippen molar-refractivity contribution in [3.8, 4) is 147 Å². The van der Waals surface area contributed by atoms with Gasteiger partial charge in [-0.2, -0.15) is 0 Å². The topological polar surface area (TPSA) is 95.8 Å². The standard InChI is InChI=1S/C98H56N6O2/c1-2-23-58(24-3-1)91-100-94(104-96(101-91)76-35-21-43-85-90(76)106-87-45-17-15-41-83(87)98(85)80-38-12-8-30-69(80)70-31-9-13-39-81(70)98)74-53-52-73-66-51-48-60(56-77(66)72-33-19-32-71(74)88(72)73)59-25-18-26-62(54-59)92-99-93(63-49-50-65-61(55-63)47-46-57-22-4-5-27-64(57)65)103-95(102-92)75-34-20-42-84-89(75)105-86-44-16-14-40-82(86)97(84)78-36-10-6-28-67(78)68-29-7-11-37-79(68)97/h1-56H. The number of rotatable bonds is 7. The first kappa shape index (κ1) is 58.6. The van der Waals surface area contributed by atoms with E-state index in [1.807, 2.05) is 18.2 Å². The van der Waals surface area contributed by atoms with Crippen LogP contribution < -0.4 is 9.47 Å². The lowest BCUT2D eigenvalue weighted by Gasteiger charge is -2.39. The van der Waals surface area contributed by atoms with E-state index >= 15 is 0 Å². The Labute approximate surface area is 610 Å². The highest BCUT2D eigenvalue weighted by Gasteiger charge is 2.53. The molecule has 0 fully saturated rings. The first-order chi connectivity index (χ1) is 52.5. The number of hydrogen-bond acceptors (Lipinski definition) is 8. The fraction of sp³-hybridized carbons (Fsp3) is 0.0204. The molecule has 3 aliphatic carbocycles. The normalized spacial score (nSPS) is 13.6. The van der Waals surface area contributed by atoms with Crippen LogP contribution in [-0.2, 0) is 10.8 Å². The Balaban J connectivity index is 0.652. The lowest BCUT2D eigenvalue weighted by molar-refractivity contribution is 0.437. The van der Waals surface area contributed by atoms with Crippen LogP contribution in [-0.4, -0.2) is 29.9 Å². The Hall–Kier alpha value is -14.1. The predicted molar refractivity (Wildman–Crippen MR) is 423 cm³/mol. The van der Waals surface area contributed by atoms with E-state index in [9.17, 15) is 0 Å². The van der Waals surface area contributed by atoms with Gasteiger partial charge in [-0.15, -0.1) is 0 Å². The van der Waals surface area contributed by atoms with Crippen molar-refractivity contribution in [2.24, 2.45) is 0 Å². The smallest absolute Gasteiger partial charge is 0.167 e. The maximum atomic E-state index is 7.24. The summed E-state index contributed by atoms with van der Waals surface area (Å²) in [6.07, 6.45) is 0. The lowest BCUT2D eigenvalue weighted by Crippen LogP contribution is -2.32. The SMILES string of the molecule is c1ccc(-c2nc(-c3cccc4c3Oc3ccccc3C43c4ccccc4-c4ccccc43)nc(-c3ccc4c5c(cccc35)-c3cc(-c5cccc(-c6nc(-c7ccc8c(ccc9ccccc98)c7)nc(-c7cccc8c7Oc7ccccc7C87c8ccccc8-c8ccccc87)n6)c5)ccc3-4)n2)cc1. The minimum absolute atomic E-state index is 0.511. The van der Waals surface area contributed by atoms with Crippen LogP contribution in [0.5, 0.6) is 23.0 Å². The molecule has 490 valence electrons. The van der Waals surface area contributed by atoms with Gasteiger partial charge in [-0.25, -0.2) is 29.9 Å². The van der Waals surface area contributed by atoms with Crippen molar-refractivity contribution in [3.63, 3.8) is 0 Å². The van der Waals surface area contributed by atoms with Gasteiger partial charge in [0, 0.05) is 44.5 Å². The monoisotopic (exact) mass is 1350 g/mol. The fourth-order valence-electron chi connectivity index (χ4n) is 18.4. The second-order valence-electron chi connectivity index (χ2n) is 28.2. The van der Waals surface area contributed by atoms with Gasteiger partial charge in [0.2, 0.25) is 0 Å². The zero-order chi connectivity index (χ0) is 69.3. The average Bonchev–Trinajstić information content (AvgIpc) is 1.49. The van der Waals surface area contributed by atoms with Crippen LogP contribution in [0.1, 0.15) is 44.5 Å². The molecular weight excluding hydrogens is 1290 g/mol. The zero-order valence-corrected chi connectivity index (χ0v) is 56.8. The fourth-order valence-corrected chi connectivity index (χ4v) is 18.4. The molecule has 8 nitrogen and oxygen atoms in total. The molecule has 2 spiro atoms. The van der Waals surface area contributed by atoms with Crippen molar-refractivity contribution in [1.82, 2.24) is 29.9 Å². The number of nitrogens with zero attached hydrogens (tertiary/aromatic N) is 6. The molecule has 0 unspecified atom stereocenters. The zero-order valence-electron chi connectivity index (χ0n) is 56.8. The van der Waals surface area contributed by atoms with Crippen molar-refractivity contribution in [3.05, 3.63) is 384 Å². The Bertz CT molecular complexity index is 6790. The van der Waals surface area contributed by atoms with E-state index in [-0.39, 0.29) is 0 Å². The number of aromatic nitrogens is 6. The second-order valence-corrected chi connectivity index (χ2v) is 28.2. The molecule has 0 saturated carbocycles. The molecule has 106 heavy (non-hydrogen) atoms. The molecule has 5 aliphatic rings.